The molecule has 0 unspecified atom stereocenters. The van der Waals surface area contributed by atoms with Gasteiger partial charge in [-0.2, -0.15) is 0 Å². The van der Waals surface area contributed by atoms with Crippen molar-refractivity contribution in [1.29, 1.82) is 0 Å². The molecular formula is C28H18S2. The Hall–Kier alpha value is -2.94. The van der Waals surface area contributed by atoms with Crippen molar-refractivity contribution in [3.63, 3.8) is 0 Å². The molecule has 0 fully saturated rings. The van der Waals surface area contributed by atoms with Gasteiger partial charge in [0.15, 0.2) is 0 Å². The Morgan fingerprint density at radius 1 is 0.433 bits per heavy atom. The number of fused-ring (bicyclic) bond motifs is 10. The van der Waals surface area contributed by atoms with Crippen molar-refractivity contribution in [3.8, 4) is 0 Å². The van der Waals surface area contributed by atoms with Crippen LogP contribution in [0, 0.1) is 13.8 Å². The lowest BCUT2D eigenvalue weighted by Crippen LogP contribution is -1.76. The van der Waals surface area contributed by atoms with Gasteiger partial charge in [-0.15, -0.1) is 22.7 Å². The van der Waals surface area contributed by atoms with E-state index in [9.17, 15) is 0 Å². The highest BCUT2D eigenvalue weighted by Gasteiger charge is 2.14. The normalized spacial score (nSPS) is 12.3. The number of hydrogen-bond donors (Lipinski definition) is 0. The number of thiophene rings is 2. The summed E-state index contributed by atoms with van der Waals surface area (Å²) < 4.78 is 5.58. The van der Waals surface area contributed by atoms with E-state index in [4.69, 9.17) is 0 Å². The Bertz CT molecular complexity index is 1680. The van der Waals surface area contributed by atoms with Gasteiger partial charge in [0.1, 0.15) is 0 Å². The van der Waals surface area contributed by atoms with Gasteiger partial charge in [0.25, 0.3) is 0 Å². The first-order valence-electron chi connectivity index (χ1n) is 10.3. The minimum Gasteiger partial charge on any atom is -0.135 e. The van der Waals surface area contributed by atoms with Gasteiger partial charge in [-0.05, 0) is 47.5 Å². The first kappa shape index (κ1) is 16.8. The predicted molar refractivity (Wildman–Crippen MR) is 137 cm³/mol. The third-order valence-corrected chi connectivity index (χ3v) is 8.74. The molecule has 0 saturated carbocycles. The first-order valence-corrected chi connectivity index (χ1v) is 11.9. The van der Waals surface area contributed by atoms with Crippen LogP contribution in [-0.4, -0.2) is 0 Å². The predicted octanol–water partition coefficient (Wildman–Crippen LogP) is 9.35. The smallest absolute Gasteiger partial charge is 0.0433 e. The van der Waals surface area contributed by atoms with E-state index < -0.39 is 0 Å². The minimum absolute atomic E-state index is 1.32. The Labute approximate surface area is 182 Å². The van der Waals surface area contributed by atoms with Crippen molar-refractivity contribution in [2.24, 2.45) is 0 Å². The summed E-state index contributed by atoms with van der Waals surface area (Å²) in [6, 6.07) is 27.6. The highest BCUT2D eigenvalue weighted by Crippen LogP contribution is 2.45. The molecule has 2 heteroatoms. The summed E-state index contributed by atoms with van der Waals surface area (Å²) >= 11 is 3.87. The maximum Gasteiger partial charge on any atom is 0.0433 e. The lowest BCUT2D eigenvalue weighted by Gasteiger charge is -2.01. The van der Waals surface area contributed by atoms with Crippen LogP contribution in [0.5, 0.6) is 0 Å². The molecule has 0 bridgehead atoms. The van der Waals surface area contributed by atoms with Crippen molar-refractivity contribution in [2.75, 3.05) is 0 Å². The molecule has 0 amide bonds. The molecule has 0 atom stereocenters. The second-order valence-electron chi connectivity index (χ2n) is 8.38. The second-order valence-corrected chi connectivity index (χ2v) is 10.5. The van der Waals surface area contributed by atoms with E-state index in [1.54, 1.807) is 0 Å². The highest BCUT2D eigenvalue weighted by atomic mass is 32.1. The fourth-order valence-corrected chi connectivity index (χ4v) is 7.37. The van der Waals surface area contributed by atoms with Gasteiger partial charge < -0.3 is 0 Å². The summed E-state index contributed by atoms with van der Waals surface area (Å²) in [5.74, 6) is 0. The van der Waals surface area contributed by atoms with E-state index >= 15 is 0 Å². The summed E-state index contributed by atoms with van der Waals surface area (Å²) in [5.41, 5.74) is 2.63. The monoisotopic (exact) mass is 418 g/mol. The zero-order valence-electron chi connectivity index (χ0n) is 16.7. The van der Waals surface area contributed by atoms with Crippen LogP contribution < -0.4 is 0 Å². The summed E-state index contributed by atoms with van der Waals surface area (Å²) in [6.07, 6.45) is 0. The third kappa shape index (κ3) is 2.21. The Morgan fingerprint density at radius 2 is 0.867 bits per heavy atom. The van der Waals surface area contributed by atoms with Gasteiger partial charge in [0.05, 0.1) is 0 Å². The molecule has 5 aromatic carbocycles. The molecule has 7 aromatic rings. The molecule has 0 N–H and O–H groups in total. The summed E-state index contributed by atoms with van der Waals surface area (Å²) in [4.78, 5) is 0. The van der Waals surface area contributed by atoms with Crippen LogP contribution in [0.2, 0.25) is 0 Å². The molecule has 0 spiro atoms. The zero-order valence-corrected chi connectivity index (χ0v) is 18.4. The van der Waals surface area contributed by atoms with Crippen LogP contribution >= 0.6 is 22.7 Å². The highest BCUT2D eigenvalue weighted by molar-refractivity contribution is 7.28. The van der Waals surface area contributed by atoms with Crippen LogP contribution in [-0.2, 0) is 0 Å². The fourth-order valence-electron chi connectivity index (χ4n) is 4.86. The Balaban J connectivity index is 1.60. The van der Waals surface area contributed by atoms with E-state index in [1.807, 2.05) is 22.7 Å². The van der Waals surface area contributed by atoms with E-state index in [-0.39, 0.29) is 0 Å². The van der Waals surface area contributed by atoms with Gasteiger partial charge in [0, 0.05) is 40.3 Å². The van der Waals surface area contributed by atoms with Gasteiger partial charge in [-0.3, -0.25) is 0 Å². The van der Waals surface area contributed by atoms with Crippen molar-refractivity contribution in [2.45, 2.75) is 13.8 Å². The molecule has 0 radical (unpaired) electrons. The van der Waals surface area contributed by atoms with Crippen LogP contribution in [0.25, 0.3) is 61.9 Å². The van der Waals surface area contributed by atoms with E-state index in [1.165, 1.54) is 73.0 Å². The third-order valence-electron chi connectivity index (χ3n) is 6.34. The van der Waals surface area contributed by atoms with Gasteiger partial charge in [0.2, 0.25) is 0 Å². The van der Waals surface area contributed by atoms with E-state index in [0.717, 1.165) is 0 Å². The maximum atomic E-state index is 2.42. The molecule has 0 aliphatic rings. The number of hydrogen-bond acceptors (Lipinski definition) is 2. The minimum atomic E-state index is 1.32. The molecule has 0 aliphatic heterocycles. The molecular weight excluding hydrogens is 400 g/mol. The SMILES string of the molecule is Cc1ccc2c(ccc3c4cc5sc6c7ccc(C)cc7ccc6c5cc4sc23)c1. The summed E-state index contributed by atoms with van der Waals surface area (Å²) in [6.45, 7) is 4.33. The average Bonchev–Trinajstić information content (AvgIpc) is 3.29. The largest absolute Gasteiger partial charge is 0.135 e. The standard InChI is InChI=1S/C28H18S2/c1-15-3-7-19-17(11-15)5-9-21-23-13-26-24(14-25(23)29-27(19)21)22-10-6-18-12-16(2)4-8-20(18)28(22)30-26/h3-14H,1-2H3. The second kappa shape index (κ2) is 5.81. The Kier molecular flexibility index (Phi) is 3.26. The average molecular weight is 419 g/mol. The summed E-state index contributed by atoms with van der Waals surface area (Å²) in [5, 5.41) is 10.9. The van der Waals surface area contributed by atoms with Crippen LogP contribution in [0.3, 0.4) is 0 Å². The molecule has 7 rings (SSSR count). The number of aryl methyl sites for hydroxylation is 2. The zero-order chi connectivity index (χ0) is 20.0. The van der Waals surface area contributed by atoms with Crippen molar-refractivity contribution >= 4 is 84.6 Å². The van der Waals surface area contributed by atoms with Crippen LogP contribution in [0.15, 0.2) is 72.8 Å². The molecule has 0 aliphatic carbocycles. The maximum absolute atomic E-state index is 2.42. The molecule has 30 heavy (non-hydrogen) atoms. The lowest BCUT2D eigenvalue weighted by molar-refractivity contribution is 1.51. The van der Waals surface area contributed by atoms with E-state index in [2.05, 4.69) is 86.6 Å². The number of benzene rings is 5. The fraction of sp³-hybridized carbons (Fsp3) is 0.0714. The quantitative estimate of drug-likeness (QED) is 0.230. The topological polar surface area (TPSA) is 0 Å². The van der Waals surface area contributed by atoms with Crippen LogP contribution in [0.1, 0.15) is 11.1 Å². The molecule has 142 valence electrons. The van der Waals surface area contributed by atoms with Crippen molar-refractivity contribution in [1.82, 2.24) is 0 Å². The van der Waals surface area contributed by atoms with Crippen LogP contribution in [0.4, 0.5) is 0 Å². The number of rotatable bonds is 0. The molecule has 0 saturated heterocycles. The van der Waals surface area contributed by atoms with Gasteiger partial charge >= 0.3 is 0 Å². The summed E-state index contributed by atoms with van der Waals surface area (Å²) in [7, 11) is 0. The van der Waals surface area contributed by atoms with Crippen molar-refractivity contribution < 1.29 is 0 Å². The van der Waals surface area contributed by atoms with Gasteiger partial charge in [-0.25, -0.2) is 0 Å². The molecule has 0 nitrogen and oxygen atoms in total. The van der Waals surface area contributed by atoms with Crippen molar-refractivity contribution in [3.05, 3.63) is 83.9 Å². The lowest BCUT2D eigenvalue weighted by atomic mass is 10.0. The first-order chi connectivity index (χ1) is 14.7. The molecule has 2 heterocycles. The Morgan fingerprint density at radius 3 is 1.33 bits per heavy atom. The molecule has 2 aromatic heterocycles. The van der Waals surface area contributed by atoms with Gasteiger partial charge in [-0.1, -0.05) is 71.8 Å². The van der Waals surface area contributed by atoms with E-state index in [0.29, 0.717) is 0 Å².